The van der Waals surface area contributed by atoms with Gasteiger partial charge in [-0.2, -0.15) is 0 Å². The third-order valence-electron chi connectivity index (χ3n) is 4.43. The lowest BCUT2D eigenvalue weighted by atomic mass is 10.1. The zero-order valence-corrected chi connectivity index (χ0v) is 14.9. The third kappa shape index (κ3) is 4.59. The molecule has 3 rings (SSSR count). The van der Waals surface area contributed by atoms with Gasteiger partial charge in [-0.25, -0.2) is 4.79 Å². The Labute approximate surface area is 153 Å². The van der Waals surface area contributed by atoms with Crippen LogP contribution in [0.1, 0.15) is 36.5 Å². The van der Waals surface area contributed by atoms with Gasteiger partial charge in [0, 0.05) is 36.9 Å². The molecule has 1 aromatic carbocycles. The normalized spacial score (nSPS) is 15.2. The minimum Gasteiger partial charge on any atom is -0.449 e. The average Bonchev–Trinajstić information content (AvgIpc) is 2.70. The second kappa shape index (κ2) is 8.47. The van der Waals surface area contributed by atoms with Crippen molar-refractivity contribution in [1.29, 1.82) is 0 Å². The van der Waals surface area contributed by atoms with E-state index in [1.54, 1.807) is 19.1 Å². The number of piperidine rings is 1. The Hall–Kier alpha value is -2.89. The summed E-state index contributed by atoms with van der Waals surface area (Å²) in [6, 6.07) is 10.9. The van der Waals surface area contributed by atoms with Gasteiger partial charge in [-0.3, -0.25) is 9.78 Å². The fraction of sp³-hybridized carbons (Fsp3) is 0.350. The van der Waals surface area contributed by atoms with Crippen LogP contribution in [0.15, 0.2) is 48.8 Å². The maximum atomic E-state index is 12.3. The Balaban J connectivity index is 1.54. The van der Waals surface area contributed by atoms with E-state index in [2.05, 4.69) is 15.2 Å². The van der Waals surface area contributed by atoms with Gasteiger partial charge in [0.05, 0.1) is 5.56 Å². The van der Waals surface area contributed by atoms with Gasteiger partial charge < -0.3 is 15.0 Å². The molecule has 0 bridgehead atoms. The summed E-state index contributed by atoms with van der Waals surface area (Å²) in [5, 5.41) is 2.78. The van der Waals surface area contributed by atoms with E-state index in [1.807, 2.05) is 24.3 Å². The van der Waals surface area contributed by atoms with Gasteiger partial charge in [-0.05, 0) is 62.6 Å². The molecule has 1 aromatic heterocycles. The predicted molar refractivity (Wildman–Crippen MR) is 100 cm³/mol. The maximum absolute atomic E-state index is 12.3. The highest BCUT2D eigenvalue weighted by Crippen LogP contribution is 2.22. The van der Waals surface area contributed by atoms with Crippen LogP contribution in [0, 0.1) is 0 Å². The number of hydrogen-bond donors (Lipinski definition) is 1. The number of carbonyl (C=O) groups is 2. The molecule has 0 aliphatic carbocycles. The number of hydrogen-bond acceptors (Lipinski definition) is 5. The first-order valence-electron chi connectivity index (χ1n) is 8.90. The highest BCUT2D eigenvalue weighted by atomic mass is 16.5. The van der Waals surface area contributed by atoms with Crippen molar-refractivity contribution in [1.82, 2.24) is 4.98 Å². The molecule has 1 N–H and O–H groups in total. The number of carbonyl (C=O) groups excluding carboxylic acids is 2. The SMILES string of the molecule is C[C@@H](OC(=O)c1ccncc1)C(=O)Nc1ccc(N2CCCCC2)cc1. The number of aromatic nitrogens is 1. The third-order valence-corrected chi connectivity index (χ3v) is 4.43. The van der Waals surface area contributed by atoms with E-state index in [1.165, 1.54) is 37.3 Å². The summed E-state index contributed by atoms with van der Waals surface area (Å²) in [5.41, 5.74) is 2.22. The van der Waals surface area contributed by atoms with Crippen molar-refractivity contribution in [3.05, 3.63) is 54.4 Å². The van der Waals surface area contributed by atoms with E-state index in [4.69, 9.17) is 4.74 Å². The lowest BCUT2D eigenvalue weighted by Crippen LogP contribution is -2.30. The summed E-state index contributed by atoms with van der Waals surface area (Å²) in [6.45, 7) is 3.71. The van der Waals surface area contributed by atoms with E-state index >= 15 is 0 Å². The number of nitrogens with one attached hydrogen (secondary N) is 1. The van der Waals surface area contributed by atoms with Crippen molar-refractivity contribution >= 4 is 23.3 Å². The second-order valence-corrected chi connectivity index (χ2v) is 6.37. The number of benzene rings is 1. The quantitative estimate of drug-likeness (QED) is 0.836. The lowest BCUT2D eigenvalue weighted by Gasteiger charge is -2.28. The van der Waals surface area contributed by atoms with E-state index in [0.717, 1.165) is 13.1 Å². The summed E-state index contributed by atoms with van der Waals surface area (Å²) < 4.78 is 5.20. The molecule has 0 unspecified atom stereocenters. The summed E-state index contributed by atoms with van der Waals surface area (Å²) in [7, 11) is 0. The van der Waals surface area contributed by atoms with Gasteiger partial charge in [-0.15, -0.1) is 0 Å². The largest absolute Gasteiger partial charge is 0.449 e. The molecule has 0 radical (unpaired) electrons. The van der Waals surface area contributed by atoms with Crippen LogP contribution in [0.4, 0.5) is 11.4 Å². The van der Waals surface area contributed by atoms with Crippen LogP contribution in [0.25, 0.3) is 0 Å². The maximum Gasteiger partial charge on any atom is 0.339 e. The number of esters is 1. The Bertz CT molecular complexity index is 741. The number of rotatable bonds is 5. The first-order valence-corrected chi connectivity index (χ1v) is 8.90. The minimum atomic E-state index is -0.891. The lowest BCUT2D eigenvalue weighted by molar-refractivity contribution is -0.123. The van der Waals surface area contributed by atoms with Crippen molar-refractivity contribution in [3.8, 4) is 0 Å². The first-order chi connectivity index (χ1) is 12.6. The highest BCUT2D eigenvalue weighted by Gasteiger charge is 2.19. The monoisotopic (exact) mass is 353 g/mol. The predicted octanol–water partition coefficient (Wildman–Crippen LogP) is 3.26. The molecule has 6 nitrogen and oxygen atoms in total. The van der Waals surface area contributed by atoms with Crippen molar-refractivity contribution < 1.29 is 14.3 Å². The molecule has 1 saturated heterocycles. The van der Waals surface area contributed by atoms with Gasteiger partial charge >= 0.3 is 5.97 Å². The molecule has 1 aliphatic heterocycles. The van der Waals surface area contributed by atoms with Crippen molar-refractivity contribution in [2.24, 2.45) is 0 Å². The molecule has 1 atom stereocenters. The summed E-state index contributed by atoms with van der Waals surface area (Å²) in [5.74, 6) is -0.909. The Morgan fingerprint density at radius 1 is 1.04 bits per heavy atom. The molecule has 0 saturated carbocycles. The number of nitrogens with zero attached hydrogens (tertiary/aromatic N) is 2. The highest BCUT2D eigenvalue weighted by molar-refractivity contribution is 5.97. The smallest absolute Gasteiger partial charge is 0.339 e. The van der Waals surface area contributed by atoms with Crippen molar-refractivity contribution in [3.63, 3.8) is 0 Å². The molecule has 2 heterocycles. The average molecular weight is 353 g/mol. The van der Waals surface area contributed by atoms with Crippen molar-refractivity contribution in [2.75, 3.05) is 23.3 Å². The van der Waals surface area contributed by atoms with Crippen LogP contribution in [-0.2, 0) is 9.53 Å². The molecule has 136 valence electrons. The second-order valence-electron chi connectivity index (χ2n) is 6.37. The first kappa shape index (κ1) is 17.9. The molecular formula is C20H23N3O3. The molecular weight excluding hydrogens is 330 g/mol. The number of ether oxygens (including phenoxy) is 1. The van der Waals surface area contributed by atoms with Gasteiger partial charge in [0.25, 0.3) is 5.91 Å². The summed E-state index contributed by atoms with van der Waals surface area (Å²) in [4.78, 5) is 30.5. The molecule has 1 amide bonds. The van der Waals surface area contributed by atoms with Crippen LogP contribution in [0.3, 0.4) is 0 Å². The van der Waals surface area contributed by atoms with E-state index < -0.39 is 12.1 Å². The molecule has 1 fully saturated rings. The Kier molecular flexibility index (Phi) is 5.84. The van der Waals surface area contributed by atoms with Crippen LogP contribution < -0.4 is 10.2 Å². The van der Waals surface area contributed by atoms with Crippen LogP contribution in [-0.4, -0.2) is 36.1 Å². The van der Waals surface area contributed by atoms with Crippen LogP contribution >= 0.6 is 0 Å². The van der Waals surface area contributed by atoms with Gasteiger partial charge in [0.2, 0.25) is 0 Å². The summed E-state index contributed by atoms with van der Waals surface area (Å²) >= 11 is 0. The van der Waals surface area contributed by atoms with Crippen molar-refractivity contribution in [2.45, 2.75) is 32.3 Å². The zero-order chi connectivity index (χ0) is 18.4. The van der Waals surface area contributed by atoms with Gasteiger partial charge in [0.15, 0.2) is 6.10 Å². The van der Waals surface area contributed by atoms with Gasteiger partial charge in [0.1, 0.15) is 0 Å². The van der Waals surface area contributed by atoms with E-state index in [0.29, 0.717) is 11.3 Å². The minimum absolute atomic E-state index is 0.363. The Morgan fingerprint density at radius 2 is 1.69 bits per heavy atom. The van der Waals surface area contributed by atoms with E-state index in [-0.39, 0.29) is 5.91 Å². The summed E-state index contributed by atoms with van der Waals surface area (Å²) in [6.07, 6.45) is 5.85. The molecule has 0 spiro atoms. The van der Waals surface area contributed by atoms with Crippen LogP contribution in [0.2, 0.25) is 0 Å². The number of pyridine rings is 1. The van der Waals surface area contributed by atoms with Gasteiger partial charge in [-0.1, -0.05) is 0 Å². The Morgan fingerprint density at radius 3 is 2.35 bits per heavy atom. The number of anilines is 2. The van der Waals surface area contributed by atoms with E-state index in [9.17, 15) is 9.59 Å². The fourth-order valence-corrected chi connectivity index (χ4v) is 2.92. The van der Waals surface area contributed by atoms with Crippen LogP contribution in [0.5, 0.6) is 0 Å². The number of amides is 1. The standard InChI is InChI=1S/C20H23N3O3/c1-15(26-20(25)16-9-11-21-12-10-16)19(24)22-17-5-7-18(8-6-17)23-13-3-2-4-14-23/h5-12,15H,2-4,13-14H2,1H3,(H,22,24)/t15-/m1/s1. The zero-order valence-electron chi connectivity index (χ0n) is 14.9. The molecule has 2 aromatic rings. The molecule has 1 aliphatic rings. The molecule has 26 heavy (non-hydrogen) atoms. The topological polar surface area (TPSA) is 71.5 Å². The molecule has 6 heteroatoms. The fourth-order valence-electron chi connectivity index (χ4n) is 2.92.